The summed E-state index contributed by atoms with van der Waals surface area (Å²) < 4.78 is 12.9. The van der Waals surface area contributed by atoms with Crippen LogP contribution >= 0.6 is 0 Å². The van der Waals surface area contributed by atoms with E-state index in [0.717, 1.165) is 16.8 Å². The summed E-state index contributed by atoms with van der Waals surface area (Å²) in [6.45, 7) is 4.28. The number of aryl methyl sites for hydroxylation is 2. The topological polar surface area (TPSA) is 49.4 Å². The number of hydrogen-bond acceptors (Lipinski definition) is 2. The van der Waals surface area contributed by atoms with Crippen LogP contribution in [-0.4, -0.2) is 18.4 Å². The molecule has 0 aromatic heterocycles. The van der Waals surface area contributed by atoms with Crippen molar-refractivity contribution in [2.45, 2.75) is 20.3 Å². The summed E-state index contributed by atoms with van der Waals surface area (Å²) in [6, 6.07) is 11.5. The maximum atomic E-state index is 12.9. The molecule has 3 rings (SSSR count). The fraction of sp³-hybridized carbons (Fsp3) is 0.263. The summed E-state index contributed by atoms with van der Waals surface area (Å²) in [4.78, 5) is 26.5. The van der Waals surface area contributed by atoms with Crippen LogP contribution in [0.4, 0.5) is 15.8 Å². The van der Waals surface area contributed by atoms with Gasteiger partial charge < -0.3 is 10.2 Å². The molecule has 1 fully saturated rings. The molecule has 1 saturated heterocycles. The minimum absolute atomic E-state index is 0.0494. The highest BCUT2D eigenvalue weighted by Crippen LogP contribution is 2.31. The number of carbonyl (C=O) groups is 2. The fourth-order valence-corrected chi connectivity index (χ4v) is 3.11. The molecule has 2 aromatic rings. The Balaban J connectivity index is 1.74. The first-order valence-electron chi connectivity index (χ1n) is 7.88. The van der Waals surface area contributed by atoms with Gasteiger partial charge in [0, 0.05) is 24.3 Å². The number of benzene rings is 2. The van der Waals surface area contributed by atoms with Gasteiger partial charge in [0.2, 0.25) is 11.8 Å². The van der Waals surface area contributed by atoms with Gasteiger partial charge in [-0.15, -0.1) is 0 Å². The van der Waals surface area contributed by atoms with Crippen molar-refractivity contribution in [2.75, 3.05) is 16.8 Å². The molecule has 0 saturated carbocycles. The summed E-state index contributed by atoms with van der Waals surface area (Å²) >= 11 is 0. The second kappa shape index (κ2) is 6.43. The largest absolute Gasteiger partial charge is 0.326 e. The summed E-state index contributed by atoms with van der Waals surface area (Å²) in [5.74, 6) is -1.04. The smallest absolute Gasteiger partial charge is 0.229 e. The molecular formula is C19H19FN2O2. The number of hydrogen-bond donors (Lipinski definition) is 1. The number of nitrogens with zero attached hydrogens (tertiary/aromatic N) is 1. The lowest BCUT2D eigenvalue weighted by atomic mass is 10.1. The van der Waals surface area contributed by atoms with Crippen molar-refractivity contribution in [3.8, 4) is 0 Å². The molecule has 2 aromatic carbocycles. The van der Waals surface area contributed by atoms with Gasteiger partial charge in [-0.3, -0.25) is 9.59 Å². The van der Waals surface area contributed by atoms with Crippen molar-refractivity contribution in [3.63, 3.8) is 0 Å². The Morgan fingerprint density at radius 1 is 1.12 bits per heavy atom. The molecule has 0 radical (unpaired) electrons. The van der Waals surface area contributed by atoms with Gasteiger partial charge in [0.25, 0.3) is 0 Å². The van der Waals surface area contributed by atoms with Gasteiger partial charge in [-0.1, -0.05) is 18.2 Å². The van der Waals surface area contributed by atoms with Crippen molar-refractivity contribution in [1.82, 2.24) is 0 Å². The van der Waals surface area contributed by atoms with Crippen molar-refractivity contribution in [3.05, 3.63) is 59.4 Å². The number of halogens is 1. The quantitative estimate of drug-likeness (QED) is 0.939. The molecule has 0 aliphatic carbocycles. The second-order valence-corrected chi connectivity index (χ2v) is 6.14. The average Bonchev–Trinajstić information content (AvgIpc) is 2.91. The van der Waals surface area contributed by atoms with E-state index < -0.39 is 5.92 Å². The Bertz CT molecular complexity index is 766. The molecule has 4 nitrogen and oxygen atoms in total. The molecule has 0 bridgehead atoms. The molecule has 2 amide bonds. The molecule has 1 aliphatic heterocycles. The Morgan fingerprint density at radius 2 is 1.75 bits per heavy atom. The van der Waals surface area contributed by atoms with Gasteiger partial charge in [0.15, 0.2) is 0 Å². The number of amides is 2. The number of nitrogens with one attached hydrogen (secondary N) is 1. The van der Waals surface area contributed by atoms with E-state index in [1.54, 1.807) is 4.90 Å². The van der Waals surface area contributed by atoms with Gasteiger partial charge in [-0.25, -0.2) is 4.39 Å². The van der Waals surface area contributed by atoms with Crippen LogP contribution in [-0.2, 0) is 9.59 Å². The lowest BCUT2D eigenvalue weighted by molar-refractivity contribution is -0.122. The predicted molar refractivity (Wildman–Crippen MR) is 91.4 cm³/mol. The number of anilines is 2. The highest BCUT2D eigenvalue weighted by Gasteiger charge is 2.36. The van der Waals surface area contributed by atoms with Gasteiger partial charge in [0.05, 0.1) is 5.92 Å². The number of rotatable bonds is 3. The first-order valence-corrected chi connectivity index (χ1v) is 7.88. The Kier molecular flexibility index (Phi) is 4.34. The summed E-state index contributed by atoms with van der Waals surface area (Å²) in [7, 11) is 0. The highest BCUT2D eigenvalue weighted by atomic mass is 19.1. The van der Waals surface area contributed by atoms with E-state index in [4.69, 9.17) is 0 Å². The fourth-order valence-electron chi connectivity index (χ4n) is 3.11. The minimum Gasteiger partial charge on any atom is -0.326 e. The Labute approximate surface area is 140 Å². The van der Waals surface area contributed by atoms with E-state index in [1.165, 1.54) is 24.3 Å². The van der Waals surface area contributed by atoms with Crippen LogP contribution in [0.1, 0.15) is 17.5 Å². The second-order valence-electron chi connectivity index (χ2n) is 6.14. The lowest BCUT2D eigenvalue weighted by Gasteiger charge is -2.21. The molecule has 24 heavy (non-hydrogen) atoms. The van der Waals surface area contributed by atoms with E-state index in [9.17, 15) is 14.0 Å². The molecule has 1 atom stereocenters. The van der Waals surface area contributed by atoms with Crippen LogP contribution in [0, 0.1) is 25.6 Å². The van der Waals surface area contributed by atoms with Crippen molar-refractivity contribution in [2.24, 2.45) is 5.92 Å². The number of carbonyl (C=O) groups excluding carboxylic acids is 2. The van der Waals surface area contributed by atoms with Gasteiger partial charge in [0.1, 0.15) is 5.82 Å². The first-order chi connectivity index (χ1) is 11.5. The van der Waals surface area contributed by atoms with Gasteiger partial charge in [-0.05, 0) is 49.2 Å². The maximum absolute atomic E-state index is 12.9. The van der Waals surface area contributed by atoms with Crippen LogP contribution in [0.2, 0.25) is 0 Å². The van der Waals surface area contributed by atoms with E-state index in [2.05, 4.69) is 5.32 Å². The van der Waals surface area contributed by atoms with Crippen LogP contribution < -0.4 is 10.2 Å². The summed E-state index contributed by atoms with van der Waals surface area (Å²) in [6.07, 6.45) is 0.181. The van der Waals surface area contributed by atoms with E-state index >= 15 is 0 Å². The van der Waals surface area contributed by atoms with Gasteiger partial charge in [-0.2, -0.15) is 0 Å². The third-order valence-corrected chi connectivity index (χ3v) is 4.32. The molecule has 1 heterocycles. The Morgan fingerprint density at radius 3 is 2.38 bits per heavy atom. The van der Waals surface area contributed by atoms with E-state index in [-0.39, 0.29) is 24.1 Å². The zero-order valence-corrected chi connectivity index (χ0v) is 13.7. The van der Waals surface area contributed by atoms with E-state index in [1.807, 2.05) is 32.0 Å². The molecule has 124 valence electrons. The lowest BCUT2D eigenvalue weighted by Crippen LogP contribution is -2.29. The Hall–Kier alpha value is -2.69. The van der Waals surface area contributed by atoms with Crippen LogP contribution in [0.5, 0.6) is 0 Å². The van der Waals surface area contributed by atoms with Crippen molar-refractivity contribution in [1.29, 1.82) is 0 Å². The third-order valence-electron chi connectivity index (χ3n) is 4.32. The molecule has 5 heteroatoms. The predicted octanol–water partition coefficient (Wildman–Crippen LogP) is 3.43. The zero-order valence-electron chi connectivity index (χ0n) is 13.7. The zero-order chi connectivity index (χ0) is 17.3. The van der Waals surface area contributed by atoms with Crippen LogP contribution in [0.15, 0.2) is 42.5 Å². The SMILES string of the molecule is Cc1cccc(C)c1N1C[C@H](C(=O)Nc2ccc(F)cc2)CC1=O. The normalized spacial score (nSPS) is 17.2. The summed E-state index contributed by atoms with van der Waals surface area (Å²) in [5.41, 5.74) is 3.45. The van der Waals surface area contributed by atoms with Crippen LogP contribution in [0.25, 0.3) is 0 Å². The monoisotopic (exact) mass is 326 g/mol. The average molecular weight is 326 g/mol. The highest BCUT2D eigenvalue weighted by molar-refractivity contribution is 6.04. The first kappa shape index (κ1) is 16.2. The minimum atomic E-state index is -0.415. The van der Waals surface area contributed by atoms with Crippen LogP contribution in [0.3, 0.4) is 0 Å². The van der Waals surface area contributed by atoms with Crippen molar-refractivity contribution < 1.29 is 14.0 Å². The summed E-state index contributed by atoms with van der Waals surface area (Å²) in [5, 5.41) is 2.75. The van der Waals surface area contributed by atoms with Crippen molar-refractivity contribution >= 4 is 23.2 Å². The molecule has 0 spiro atoms. The molecule has 1 aliphatic rings. The standard InChI is InChI=1S/C19H19FN2O2/c1-12-4-3-5-13(2)18(12)22-11-14(10-17(22)23)19(24)21-16-8-6-15(20)7-9-16/h3-9,14H,10-11H2,1-2H3,(H,21,24)/t14-/m1/s1. The maximum Gasteiger partial charge on any atom is 0.229 e. The number of para-hydroxylation sites is 1. The molecular weight excluding hydrogens is 307 g/mol. The van der Waals surface area contributed by atoms with Gasteiger partial charge >= 0.3 is 0 Å². The molecule has 0 unspecified atom stereocenters. The van der Waals surface area contributed by atoms with E-state index in [0.29, 0.717) is 12.2 Å². The molecule has 1 N–H and O–H groups in total. The third kappa shape index (κ3) is 3.15.